The minimum atomic E-state index is -0.0793. The molecule has 0 bridgehead atoms. The molecule has 0 spiro atoms. The van der Waals surface area contributed by atoms with Crippen molar-refractivity contribution in [3.8, 4) is 10.7 Å². The van der Waals surface area contributed by atoms with Crippen LogP contribution in [-0.2, 0) is 4.79 Å². The lowest BCUT2D eigenvalue weighted by molar-refractivity contribution is -0.128. The molecule has 9 heteroatoms. The van der Waals surface area contributed by atoms with Crippen molar-refractivity contribution in [2.24, 2.45) is 0 Å². The number of fused-ring (bicyclic) bond motifs is 1. The van der Waals surface area contributed by atoms with Crippen molar-refractivity contribution < 1.29 is 4.79 Å². The van der Waals surface area contributed by atoms with Crippen molar-refractivity contribution in [1.82, 2.24) is 25.1 Å². The number of rotatable bonds is 6. The topological polar surface area (TPSA) is 74.8 Å². The van der Waals surface area contributed by atoms with Crippen molar-refractivity contribution in [2.75, 3.05) is 12.8 Å². The molecular formula is C18H17N5OS3. The zero-order valence-electron chi connectivity index (χ0n) is 14.7. The highest BCUT2D eigenvalue weighted by molar-refractivity contribution is 7.99. The Kier molecular flexibility index (Phi) is 5.24. The number of hydrogen-bond donors (Lipinski definition) is 1. The molecule has 0 saturated heterocycles. The van der Waals surface area contributed by atoms with E-state index in [1.165, 1.54) is 11.8 Å². The second-order valence-corrected chi connectivity index (χ2v) is 8.89. The predicted octanol–water partition coefficient (Wildman–Crippen LogP) is 4.45. The highest BCUT2D eigenvalue weighted by atomic mass is 32.2. The molecule has 4 rings (SSSR count). The zero-order valence-corrected chi connectivity index (χ0v) is 17.2. The van der Waals surface area contributed by atoms with Crippen LogP contribution in [0.3, 0.4) is 0 Å². The molecule has 1 atom stereocenters. The van der Waals surface area contributed by atoms with Gasteiger partial charge in [0.25, 0.3) is 0 Å². The van der Waals surface area contributed by atoms with Crippen LogP contribution in [0.25, 0.3) is 20.9 Å². The number of aromatic nitrogens is 4. The fourth-order valence-corrected chi connectivity index (χ4v) is 4.96. The van der Waals surface area contributed by atoms with Gasteiger partial charge in [-0.3, -0.25) is 9.89 Å². The first-order chi connectivity index (χ1) is 13.1. The van der Waals surface area contributed by atoms with Gasteiger partial charge in [0.15, 0.2) is 5.82 Å². The Labute approximate surface area is 168 Å². The minimum absolute atomic E-state index is 0.0224. The van der Waals surface area contributed by atoms with Gasteiger partial charge >= 0.3 is 0 Å². The van der Waals surface area contributed by atoms with E-state index in [2.05, 4.69) is 26.2 Å². The monoisotopic (exact) mass is 415 g/mol. The molecule has 138 valence electrons. The molecule has 1 N–H and O–H groups in total. The maximum Gasteiger partial charge on any atom is 0.233 e. The van der Waals surface area contributed by atoms with Crippen molar-refractivity contribution in [3.63, 3.8) is 0 Å². The molecule has 4 aromatic rings. The summed E-state index contributed by atoms with van der Waals surface area (Å²) in [5.41, 5.74) is 0.974. The molecule has 0 fully saturated rings. The average molecular weight is 416 g/mol. The fourth-order valence-electron chi connectivity index (χ4n) is 2.51. The summed E-state index contributed by atoms with van der Waals surface area (Å²) in [6.45, 7) is 2.00. The van der Waals surface area contributed by atoms with Crippen LogP contribution in [0.15, 0.2) is 46.9 Å². The van der Waals surface area contributed by atoms with Crippen LogP contribution >= 0.6 is 34.4 Å². The summed E-state index contributed by atoms with van der Waals surface area (Å²) in [5.74, 6) is 1.04. The third-order valence-electron chi connectivity index (χ3n) is 4.19. The lowest BCUT2D eigenvalue weighted by atomic mass is 10.3. The molecule has 3 heterocycles. The van der Waals surface area contributed by atoms with E-state index in [1.54, 1.807) is 27.6 Å². The molecule has 0 aliphatic rings. The van der Waals surface area contributed by atoms with E-state index in [1.807, 2.05) is 49.7 Å². The molecule has 0 unspecified atom stereocenters. The van der Waals surface area contributed by atoms with Crippen molar-refractivity contribution >= 4 is 50.6 Å². The lowest BCUT2D eigenvalue weighted by Crippen LogP contribution is -2.31. The van der Waals surface area contributed by atoms with E-state index in [4.69, 9.17) is 0 Å². The highest BCUT2D eigenvalue weighted by Gasteiger charge is 2.21. The molecule has 27 heavy (non-hydrogen) atoms. The Morgan fingerprint density at radius 3 is 2.89 bits per heavy atom. The van der Waals surface area contributed by atoms with Crippen molar-refractivity contribution in [2.45, 2.75) is 18.1 Å². The van der Waals surface area contributed by atoms with Gasteiger partial charge in [-0.1, -0.05) is 30.0 Å². The standard InChI is InChI=1S/C18H17N5OS3/c1-11(17-19-12-6-3-4-7-13(12)27-17)23(2)15(24)10-26-18-20-16(21-22-18)14-8-5-9-25-14/h3-9,11H,10H2,1-2H3,(H,20,21,22)/t11-/m0/s1. The largest absolute Gasteiger partial charge is 0.336 e. The lowest BCUT2D eigenvalue weighted by Gasteiger charge is -2.22. The van der Waals surface area contributed by atoms with E-state index in [9.17, 15) is 4.79 Å². The number of carbonyl (C=O) groups is 1. The number of hydrogen-bond acceptors (Lipinski definition) is 7. The number of nitrogens with zero attached hydrogens (tertiary/aromatic N) is 4. The van der Waals surface area contributed by atoms with Crippen LogP contribution in [0.2, 0.25) is 0 Å². The van der Waals surface area contributed by atoms with Gasteiger partial charge in [-0.05, 0) is 30.5 Å². The number of thiazole rings is 1. The third kappa shape index (κ3) is 3.90. The van der Waals surface area contributed by atoms with Crippen LogP contribution in [0, 0.1) is 0 Å². The number of nitrogens with one attached hydrogen (secondary N) is 1. The highest BCUT2D eigenvalue weighted by Crippen LogP contribution is 2.29. The van der Waals surface area contributed by atoms with Crippen molar-refractivity contribution in [3.05, 3.63) is 46.8 Å². The molecule has 0 aliphatic carbocycles. The van der Waals surface area contributed by atoms with E-state index in [0.717, 1.165) is 25.9 Å². The van der Waals surface area contributed by atoms with Gasteiger partial charge in [-0.25, -0.2) is 9.97 Å². The van der Waals surface area contributed by atoms with Crippen LogP contribution in [0.5, 0.6) is 0 Å². The maximum absolute atomic E-state index is 12.6. The summed E-state index contributed by atoms with van der Waals surface area (Å²) < 4.78 is 1.14. The molecule has 3 aromatic heterocycles. The number of aromatic amines is 1. The summed E-state index contributed by atoms with van der Waals surface area (Å²) in [5, 5.41) is 10.6. The van der Waals surface area contributed by atoms with Gasteiger partial charge in [-0.2, -0.15) is 0 Å². The summed E-state index contributed by atoms with van der Waals surface area (Å²) in [4.78, 5) is 24.5. The number of carbonyl (C=O) groups excluding carboxylic acids is 1. The number of thioether (sulfide) groups is 1. The summed E-state index contributed by atoms with van der Waals surface area (Å²) >= 11 is 4.56. The first kappa shape index (κ1) is 18.1. The summed E-state index contributed by atoms with van der Waals surface area (Å²) in [6.07, 6.45) is 0. The minimum Gasteiger partial charge on any atom is -0.336 e. The van der Waals surface area contributed by atoms with Crippen LogP contribution in [0.1, 0.15) is 18.0 Å². The molecule has 0 radical (unpaired) electrons. The number of H-pyrrole nitrogens is 1. The fraction of sp³-hybridized carbons (Fsp3) is 0.222. The number of thiophene rings is 1. The summed E-state index contributed by atoms with van der Waals surface area (Å²) in [7, 11) is 1.81. The normalized spacial score (nSPS) is 12.4. The van der Waals surface area contributed by atoms with Crippen LogP contribution in [0.4, 0.5) is 0 Å². The van der Waals surface area contributed by atoms with Crippen LogP contribution in [-0.4, -0.2) is 43.8 Å². The van der Waals surface area contributed by atoms with Crippen LogP contribution < -0.4 is 0 Å². The van der Waals surface area contributed by atoms with Gasteiger partial charge in [0.05, 0.1) is 26.9 Å². The SMILES string of the molecule is C[C@@H](c1nc2ccccc2s1)N(C)C(=O)CSc1n[nH]c(-c2cccs2)n1. The Bertz CT molecular complexity index is 1020. The molecule has 0 saturated carbocycles. The Hall–Kier alpha value is -2.23. The number of para-hydroxylation sites is 1. The van der Waals surface area contributed by atoms with E-state index < -0.39 is 0 Å². The Morgan fingerprint density at radius 2 is 2.11 bits per heavy atom. The van der Waals surface area contributed by atoms with Gasteiger partial charge in [0.1, 0.15) is 5.01 Å². The maximum atomic E-state index is 12.6. The van der Waals surface area contributed by atoms with Gasteiger partial charge in [-0.15, -0.1) is 27.8 Å². The van der Waals surface area contributed by atoms with Crippen molar-refractivity contribution in [1.29, 1.82) is 0 Å². The van der Waals surface area contributed by atoms with E-state index in [-0.39, 0.29) is 17.7 Å². The average Bonchev–Trinajstić information content (AvgIpc) is 3.44. The predicted molar refractivity (Wildman–Crippen MR) is 111 cm³/mol. The van der Waals surface area contributed by atoms with Gasteiger partial charge < -0.3 is 4.90 Å². The molecule has 1 aromatic carbocycles. The first-order valence-corrected chi connectivity index (χ1v) is 11.0. The number of amides is 1. The zero-order chi connectivity index (χ0) is 18.8. The smallest absolute Gasteiger partial charge is 0.233 e. The molecule has 1 amide bonds. The Balaban J connectivity index is 1.38. The van der Waals surface area contributed by atoms with E-state index >= 15 is 0 Å². The quantitative estimate of drug-likeness (QED) is 0.471. The molecule has 6 nitrogen and oxygen atoms in total. The molecule has 0 aliphatic heterocycles. The van der Waals surface area contributed by atoms with Gasteiger partial charge in [0.2, 0.25) is 11.1 Å². The Morgan fingerprint density at radius 1 is 1.26 bits per heavy atom. The number of benzene rings is 1. The van der Waals surface area contributed by atoms with Gasteiger partial charge in [0, 0.05) is 7.05 Å². The molecular weight excluding hydrogens is 398 g/mol. The van der Waals surface area contributed by atoms with E-state index in [0.29, 0.717) is 5.16 Å². The summed E-state index contributed by atoms with van der Waals surface area (Å²) in [6, 6.07) is 11.9. The first-order valence-electron chi connectivity index (χ1n) is 8.32. The second kappa shape index (κ2) is 7.79. The third-order valence-corrected chi connectivity index (χ3v) is 7.10. The second-order valence-electron chi connectivity index (χ2n) is 5.93.